The molecule has 3 N–H and O–H groups in total. The third-order valence-corrected chi connectivity index (χ3v) is 30.4. The molecule has 13 nitrogen and oxygen atoms in total. The summed E-state index contributed by atoms with van der Waals surface area (Å²) in [4.78, 5) is 52.3. The zero-order valence-electron chi connectivity index (χ0n) is 78.2. The number of hydrogen-bond acceptors (Lipinski definition) is 13. The van der Waals surface area contributed by atoms with Crippen molar-refractivity contribution in [1.82, 2.24) is 14.7 Å². The minimum absolute atomic E-state index is 0.0280. The molecule has 0 atom stereocenters. The number of aliphatic hydroxyl groups is 3. The predicted octanol–water partition coefficient (Wildman–Crippen LogP) is 26.3. The van der Waals surface area contributed by atoms with Crippen LogP contribution in [0.5, 0.6) is 0 Å². The highest BCUT2D eigenvalue weighted by molar-refractivity contribution is 7.19. The zero-order valence-corrected chi connectivity index (χ0v) is 80.6. The van der Waals surface area contributed by atoms with Gasteiger partial charge in [-0.25, -0.2) is 0 Å². The lowest BCUT2D eigenvalue weighted by atomic mass is 9.81. The van der Waals surface area contributed by atoms with E-state index in [0.29, 0.717) is 33.4 Å². The summed E-state index contributed by atoms with van der Waals surface area (Å²) in [7, 11) is 0. The number of aryl methyl sites for hydroxylation is 3. The molecule has 6 aromatic carbocycles. The first-order valence-corrected chi connectivity index (χ1v) is 49.9. The second-order valence-corrected chi connectivity index (χ2v) is 40.1. The average molecular weight is 1810 g/mol. The molecule has 0 bridgehead atoms. The fourth-order valence-electron chi connectivity index (χ4n) is 19.9. The van der Waals surface area contributed by atoms with E-state index in [-0.39, 0.29) is 34.6 Å². The van der Waals surface area contributed by atoms with Crippen LogP contribution in [0.4, 0.5) is 17.1 Å². The number of para-hydroxylation sites is 3. The number of fused-ring (bicyclic) bond motifs is 6. The molecule has 668 valence electrons. The Balaban J connectivity index is 0.645. The molecule has 9 heterocycles. The van der Waals surface area contributed by atoms with Crippen molar-refractivity contribution in [3.05, 3.63) is 369 Å². The first kappa shape index (κ1) is 90.2. The molecule has 9 aliphatic rings. The van der Waals surface area contributed by atoms with E-state index in [2.05, 4.69) is 316 Å². The highest BCUT2D eigenvalue weighted by Crippen LogP contribution is 2.54. The van der Waals surface area contributed by atoms with Gasteiger partial charge in [0.25, 0.3) is 15.0 Å². The Bertz CT molecular complexity index is 6530. The van der Waals surface area contributed by atoms with Crippen LogP contribution in [0.15, 0.2) is 337 Å². The number of unbranched alkanes of at least 4 members (excludes halogenated alkanes) is 6. The lowest BCUT2D eigenvalue weighted by Gasteiger charge is -2.37. The van der Waals surface area contributed by atoms with Crippen molar-refractivity contribution in [3.63, 3.8) is 0 Å². The molecule has 0 saturated carbocycles. The van der Waals surface area contributed by atoms with Gasteiger partial charge in [-0.3, -0.25) is 14.4 Å². The summed E-state index contributed by atoms with van der Waals surface area (Å²) in [5.41, 5.74) is 20.7. The number of Topliss-reactive ketones (excluding diaryl/α,β-unsaturated/α-hetero) is 3. The lowest BCUT2D eigenvalue weighted by molar-refractivity contribution is -0.669. The number of allylic oxidation sites excluding steroid dienone is 21. The quantitative estimate of drug-likeness (QED) is 0.0259. The molecule has 16 heteroatoms. The molecule has 3 aliphatic carbocycles. The van der Waals surface area contributed by atoms with E-state index in [9.17, 15) is 29.7 Å². The van der Waals surface area contributed by atoms with Crippen LogP contribution in [-0.2, 0) is 34.0 Å². The molecule has 18 rings (SSSR count). The number of thiazole rings is 3. The van der Waals surface area contributed by atoms with Gasteiger partial charge in [0.1, 0.15) is 31.4 Å². The van der Waals surface area contributed by atoms with Gasteiger partial charge in [-0.1, -0.05) is 186 Å². The van der Waals surface area contributed by atoms with Crippen LogP contribution in [0, 0.1) is 35.5 Å². The molecule has 0 spiro atoms. The summed E-state index contributed by atoms with van der Waals surface area (Å²) in [5.74, 6) is 21.1. The molecule has 0 amide bonds. The predicted molar refractivity (Wildman–Crippen MR) is 544 cm³/mol. The summed E-state index contributed by atoms with van der Waals surface area (Å²) < 4.78 is 10.2. The third-order valence-electron chi connectivity index (χ3n) is 27.0. The third kappa shape index (κ3) is 16.7. The smallest absolute Gasteiger partial charge is 0.263 e. The number of carbonyl (C=O) groups excluding carboxylic acids is 3. The van der Waals surface area contributed by atoms with Crippen LogP contribution >= 0.6 is 34.0 Å². The molecule has 0 radical (unpaired) electrons. The van der Waals surface area contributed by atoms with Crippen molar-refractivity contribution < 1.29 is 43.4 Å². The SMILES string of the molecule is CCCCC1=C2C=CC=C(C#Cc3ccc(N(c4ccc(C#CC5=CC=CC6=C(CCCC)/C(=C\C7=C(O)C(=C/c8sc9ccccc9[n+]8CCCC)/C7=O)C(C)(C)N56)cc4)c4ccc(C#CC5=CC=CC6=C(CCCC)/C(=C\C7=C(O)C(=C\c8sc9ccccc9[n+]8CCCC)/C7=O)C(C)(C)N56)cc4)cc3)N2C(C)(C)/C1=C/C1=C(O)C(=C/c2sc3ccccc3[n+]2CCCC)/C1=O. The van der Waals surface area contributed by atoms with Crippen molar-refractivity contribution in [1.29, 1.82) is 0 Å². The van der Waals surface area contributed by atoms with Gasteiger partial charge in [-0.15, -0.1) is 0 Å². The van der Waals surface area contributed by atoms with Crippen LogP contribution in [0.2, 0.25) is 0 Å². The average Bonchev–Trinajstić information content (AvgIpc) is 1.59. The van der Waals surface area contributed by atoms with Gasteiger partial charge in [0.2, 0.25) is 33.9 Å². The number of aliphatic hydroxyl groups excluding tert-OH is 3. The molecule has 3 aromatic heterocycles. The van der Waals surface area contributed by atoms with Crippen LogP contribution in [-0.4, -0.2) is 64.0 Å². The van der Waals surface area contributed by atoms with E-state index in [0.717, 1.165) is 263 Å². The van der Waals surface area contributed by atoms with E-state index >= 15 is 0 Å². The standard InChI is InChI=1S/C117H111N7O6S3/c1-13-19-37-85-94(70-88-109(125)91(110(88)126)73-106-118(67-22-16-4)100-40-25-28-46-103(100)131-106)115(7,8)122-82(34-31-43-97(85)122)64-55-76-49-58-79(59-50-76)121(80-60-51-77(52-61-80)56-65-83-35-32-44-98-86(38-20-14-2)95(116(9,10)123(83)98)71-89-111(127)92(112(89)128)74-107-119(68-23-17-5)101-41-26-29-47-104(101)132-107)81-62-53-78(54-63-81)57-66-84-36-33-45-99-87(39-21-15-3)96(117(11,12)124(84)99)72-90-113(129)93(114(90)130)75-108-120(69-24-18-6)102-42-27-30-48-105(102)133-108/h25-36,40-54,58-63,70-75H,13-24,37-39,67-69H2,1-12H3/p+3. The number of anilines is 3. The van der Waals surface area contributed by atoms with E-state index < -0.39 is 16.6 Å². The Morgan fingerprint density at radius 2 is 0.609 bits per heavy atom. The number of carbonyl (C=O) groups is 3. The number of nitrogens with zero attached hydrogens (tertiary/aromatic N) is 7. The zero-order chi connectivity index (χ0) is 92.7. The minimum atomic E-state index is -0.636. The largest absolute Gasteiger partial charge is 0.506 e. The van der Waals surface area contributed by atoms with Gasteiger partial charge >= 0.3 is 0 Å². The second kappa shape index (κ2) is 37.7. The molecule has 133 heavy (non-hydrogen) atoms. The first-order valence-electron chi connectivity index (χ1n) is 47.4. The van der Waals surface area contributed by atoms with Crippen LogP contribution < -0.4 is 18.6 Å². The van der Waals surface area contributed by atoms with Gasteiger partial charge < -0.3 is 34.9 Å². The fraction of sp³-hybridized carbons (Fsp3) is 0.282. The topological polar surface area (TPSA) is 136 Å². The van der Waals surface area contributed by atoms with Crippen molar-refractivity contribution in [2.45, 2.75) is 216 Å². The van der Waals surface area contributed by atoms with Crippen LogP contribution in [0.1, 0.15) is 211 Å². The van der Waals surface area contributed by atoms with E-state index in [1.54, 1.807) is 34.0 Å². The Kier molecular flexibility index (Phi) is 25.6. The monoisotopic (exact) mass is 1810 g/mol. The van der Waals surface area contributed by atoms with Gasteiger partial charge in [-0.2, -0.15) is 13.7 Å². The number of aromatic nitrogens is 3. The summed E-state index contributed by atoms with van der Waals surface area (Å²) >= 11 is 4.92. The second-order valence-electron chi connectivity index (χ2n) is 36.9. The summed E-state index contributed by atoms with van der Waals surface area (Å²) in [5, 5.41) is 38.5. The maximum Gasteiger partial charge on any atom is 0.263 e. The molecule has 0 fully saturated rings. The number of ketones is 3. The summed E-state index contributed by atoms with van der Waals surface area (Å²) in [6.45, 7) is 28.7. The normalized spacial score (nSPS) is 19.3. The van der Waals surface area contributed by atoms with E-state index in [1.165, 1.54) is 0 Å². The Labute approximate surface area is 794 Å². The summed E-state index contributed by atoms with van der Waals surface area (Å²) in [6.07, 6.45) is 44.7. The van der Waals surface area contributed by atoms with Gasteiger partial charge in [0, 0.05) is 107 Å². The van der Waals surface area contributed by atoms with Crippen molar-refractivity contribution >= 4 is 117 Å². The summed E-state index contributed by atoms with van der Waals surface area (Å²) in [6, 6.07) is 50.1. The minimum Gasteiger partial charge on any atom is -0.506 e. The number of hydrogen-bond donors (Lipinski definition) is 3. The molecule has 0 unspecified atom stereocenters. The fourth-order valence-corrected chi connectivity index (χ4v) is 23.2. The van der Waals surface area contributed by atoms with Crippen LogP contribution in [0.3, 0.4) is 0 Å². The molecule has 9 aromatic rings. The lowest BCUT2D eigenvalue weighted by Crippen LogP contribution is -2.40. The molecule has 6 aliphatic heterocycles. The van der Waals surface area contributed by atoms with Gasteiger partial charge in [0.05, 0.1) is 67.1 Å². The number of rotatable bonds is 27. The highest BCUT2D eigenvalue weighted by Gasteiger charge is 2.49. The van der Waals surface area contributed by atoms with Crippen molar-refractivity contribution in [2.24, 2.45) is 0 Å². The van der Waals surface area contributed by atoms with Gasteiger partial charge in [-0.05, 0) is 277 Å². The van der Waals surface area contributed by atoms with Gasteiger partial charge in [0.15, 0.2) is 19.6 Å². The van der Waals surface area contributed by atoms with Crippen molar-refractivity contribution in [2.75, 3.05) is 4.90 Å². The Hall–Kier alpha value is -13.4. The maximum absolute atomic E-state index is 14.4. The Morgan fingerprint density at radius 3 is 0.865 bits per heavy atom. The molecular formula is C117H114N7O6S3+3. The molecule has 0 saturated heterocycles. The number of benzene rings is 6. The molecular weight excluding hydrogens is 1700 g/mol. The Morgan fingerprint density at radius 1 is 0.346 bits per heavy atom. The van der Waals surface area contributed by atoms with Crippen LogP contribution in [0.25, 0.3) is 48.9 Å². The highest BCUT2D eigenvalue weighted by atomic mass is 32.1. The first-order chi connectivity index (χ1) is 64.5. The van der Waals surface area contributed by atoms with Crippen molar-refractivity contribution in [3.8, 4) is 35.5 Å². The van der Waals surface area contributed by atoms with E-state index in [4.69, 9.17) is 0 Å². The maximum atomic E-state index is 14.4. The van der Waals surface area contributed by atoms with E-state index in [1.807, 2.05) is 72.9 Å².